The van der Waals surface area contributed by atoms with Crippen molar-refractivity contribution in [2.75, 3.05) is 0 Å². The van der Waals surface area contributed by atoms with Gasteiger partial charge in [0.15, 0.2) is 0 Å². The van der Waals surface area contributed by atoms with Crippen molar-refractivity contribution in [3.8, 4) is 0 Å². The molecule has 0 aliphatic heterocycles. The molecule has 0 aromatic heterocycles. The first kappa shape index (κ1) is 26.6. The number of rotatable bonds is 17. The van der Waals surface area contributed by atoms with E-state index in [9.17, 15) is 9.59 Å². The third-order valence-electron chi connectivity index (χ3n) is 4.63. The zero-order chi connectivity index (χ0) is 19.2. The maximum Gasteiger partial charge on any atom is 0.129 e. The van der Waals surface area contributed by atoms with Crippen LogP contribution in [0.1, 0.15) is 137 Å². The Morgan fingerprint density at radius 2 is 0.760 bits per heavy atom. The summed E-state index contributed by atoms with van der Waals surface area (Å²) < 4.78 is 0. The van der Waals surface area contributed by atoms with Gasteiger partial charge in [-0.15, -0.1) is 0 Å². The van der Waals surface area contributed by atoms with E-state index in [1.54, 1.807) is 13.8 Å². The fourth-order valence-electron chi connectivity index (χ4n) is 2.75. The first-order chi connectivity index (χ1) is 12.0. The number of Topliss-reactive ketones (excluding diaryl/α,β-unsaturated/α-hetero) is 2. The van der Waals surface area contributed by atoms with Gasteiger partial charge in [-0.05, 0) is 20.3 Å². The Morgan fingerprint density at radius 3 is 1.00 bits per heavy atom. The molecule has 0 spiro atoms. The molecular formula is C23H46O2. The molecule has 0 unspecified atom stereocenters. The quantitative estimate of drug-likeness (QED) is 0.249. The van der Waals surface area contributed by atoms with E-state index in [-0.39, 0.29) is 5.78 Å². The van der Waals surface area contributed by atoms with Crippen LogP contribution in [0, 0.1) is 0 Å². The van der Waals surface area contributed by atoms with E-state index in [0.29, 0.717) is 12.2 Å². The van der Waals surface area contributed by atoms with Crippen LogP contribution in [0.4, 0.5) is 0 Å². The SMILES string of the molecule is CCC(C)=O.CCCCCCCCCCCCCCCCCC(C)=O. The summed E-state index contributed by atoms with van der Waals surface area (Å²) in [4.78, 5) is 20.6. The van der Waals surface area contributed by atoms with Crippen LogP contribution in [-0.2, 0) is 9.59 Å². The fraction of sp³-hybridized carbons (Fsp3) is 0.913. The van der Waals surface area contributed by atoms with Crippen molar-refractivity contribution in [2.45, 2.75) is 137 Å². The second-order valence-corrected chi connectivity index (χ2v) is 7.46. The predicted molar refractivity (Wildman–Crippen MR) is 111 cm³/mol. The van der Waals surface area contributed by atoms with Crippen molar-refractivity contribution in [1.29, 1.82) is 0 Å². The maximum absolute atomic E-state index is 10.8. The number of hydrogen-bond acceptors (Lipinski definition) is 2. The zero-order valence-electron chi connectivity index (χ0n) is 17.8. The molecule has 25 heavy (non-hydrogen) atoms. The minimum Gasteiger partial charge on any atom is -0.300 e. The van der Waals surface area contributed by atoms with Crippen molar-refractivity contribution in [2.24, 2.45) is 0 Å². The van der Waals surface area contributed by atoms with Gasteiger partial charge in [-0.1, -0.05) is 104 Å². The second kappa shape index (κ2) is 23.3. The Bertz CT molecular complexity index is 284. The molecule has 0 amide bonds. The van der Waals surface area contributed by atoms with Gasteiger partial charge in [0.25, 0.3) is 0 Å². The Hall–Kier alpha value is -0.660. The number of carbonyl (C=O) groups excluding carboxylic acids is 2. The molecule has 0 heterocycles. The normalized spacial score (nSPS) is 10.2. The van der Waals surface area contributed by atoms with E-state index in [2.05, 4.69) is 6.92 Å². The lowest BCUT2D eigenvalue weighted by Crippen LogP contribution is -1.89. The molecule has 0 atom stereocenters. The van der Waals surface area contributed by atoms with Crippen molar-refractivity contribution in [1.82, 2.24) is 0 Å². The second-order valence-electron chi connectivity index (χ2n) is 7.46. The van der Waals surface area contributed by atoms with Gasteiger partial charge in [0.2, 0.25) is 0 Å². The highest BCUT2D eigenvalue weighted by atomic mass is 16.1. The standard InChI is InChI=1S/C19H38O.C4H8O/c1-3-4-5-6-7-8-9-10-11-12-13-14-15-16-17-18-19(2)20;1-3-4(2)5/h3-18H2,1-2H3;3H2,1-2H3. The molecule has 0 aliphatic rings. The Balaban J connectivity index is 0. The van der Waals surface area contributed by atoms with Gasteiger partial charge < -0.3 is 9.59 Å². The Labute approximate surface area is 158 Å². The van der Waals surface area contributed by atoms with Crippen LogP contribution < -0.4 is 0 Å². The molecule has 2 nitrogen and oxygen atoms in total. The number of unbranched alkanes of at least 4 members (excludes halogenated alkanes) is 14. The summed E-state index contributed by atoms with van der Waals surface area (Å²) in [5.74, 6) is 0.602. The molecule has 0 aliphatic carbocycles. The first-order valence-electron chi connectivity index (χ1n) is 11.0. The average Bonchev–Trinajstić information content (AvgIpc) is 2.58. The zero-order valence-corrected chi connectivity index (χ0v) is 17.8. The number of carbonyl (C=O) groups is 2. The molecule has 150 valence electrons. The third-order valence-corrected chi connectivity index (χ3v) is 4.63. The monoisotopic (exact) mass is 354 g/mol. The highest BCUT2D eigenvalue weighted by Gasteiger charge is 1.95. The van der Waals surface area contributed by atoms with Crippen molar-refractivity contribution >= 4 is 11.6 Å². The molecule has 0 saturated carbocycles. The summed E-state index contributed by atoms with van der Waals surface area (Å²) in [5, 5.41) is 0. The summed E-state index contributed by atoms with van der Waals surface area (Å²) in [6, 6.07) is 0. The van der Waals surface area contributed by atoms with E-state index in [1.165, 1.54) is 89.9 Å². The largest absolute Gasteiger partial charge is 0.300 e. The lowest BCUT2D eigenvalue weighted by Gasteiger charge is -2.03. The molecule has 0 N–H and O–H groups in total. The molecule has 0 aromatic rings. The van der Waals surface area contributed by atoms with Crippen LogP contribution in [0.25, 0.3) is 0 Å². The molecular weight excluding hydrogens is 308 g/mol. The molecule has 0 radical (unpaired) electrons. The predicted octanol–water partition coefficient (Wildman–Crippen LogP) is 7.82. The van der Waals surface area contributed by atoms with Crippen LogP contribution >= 0.6 is 0 Å². The summed E-state index contributed by atoms with van der Waals surface area (Å²) >= 11 is 0. The van der Waals surface area contributed by atoms with E-state index < -0.39 is 0 Å². The Kier molecular flexibility index (Phi) is 24.8. The minimum atomic E-state index is 0.255. The topological polar surface area (TPSA) is 34.1 Å². The summed E-state index contributed by atoms with van der Waals surface area (Å²) in [6.45, 7) is 7.41. The molecule has 0 bridgehead atoms. The van der Waals surface area contributed by atoms with Gasteiger partial charge in [-0.3, -0.25) is 0 Å². The van der Waals surface area contributed by atoms with Crippen molar-refractivity contribution in [3.05, 3.63) is 0 Å². The molecule has 0 fully saturated rings. The molecule has 0 saturated heterocycles. The lowest BCUT2D eigenvalue weighted by atomic mass is 10.0. The minimum absolute atomic E-state index is 0.255. The number of hydrogen-bond donors (Lipinski definition) is 0. The smallest absolute Gasteiger partial charge is 0.129 e. The van der Waals surface area contributed by atoms with E-state index >= 15 is 0 Å². The van der Waals surface area contributed by atoms with Crippen molar-refractivity contribution in [3.63, 3.8) is 0 Å². The molecule has 0 aromatic carbocycles. The summed E-state index contributed by atoms with van der Waals surface area (Å²) in [6.07, 6.45) is 22.2. The maximum atomic E-state index is 10.8. The van der Waals surface area contributed by atoms with Crippen LogP contribution in [0.2, 0.25) is 0 Å². The summed E-state index contributed by atoms with van der Waals surface area (Å²) in [5.41, 5.74) is 0. The van der Waals surface area contributed by atoms with Gasteiger partial charge in [0.05, 0.1) is 0 Å². The first-order valence-corrected chi connectivity index (χ1v) is 11.0. The van der Waals surface area contributed by atoms with Gasteiger partial charge >= 0.3 is 0 Å². The van der Waals surface area contributed by atoms with E-state index in [1.807, 2.05) is 6.92 Å². The van der Waals surface area contributed by atoms with Gasteiger partial charge in [-0.25, -0.2) is 0 Å². The molecule has 0 rings (SSSR count). The van der Waals surface area contributed by atoms with E-state index in [0.717, 1.165) is 12.8 Å². The van der Waals surface area contributed by atoms with Crippen LogP contribution in [0.5, 0.6) is 0 Å². The summed E-state index contributed by atoms with van der Waals surface area (Å²) in [7, 11) is 0. The fourth-order valence-corrected chi connectivity index (χ4v) is 2.75. The highest BCUT2D eigenvalue weighted by Crippen LogP contribution is 2.13. The van der Waals surface area contributed by atoms with Gasteiger partial charge in [-0.2, -0.15) is 0 Å². The van der Waals surface area contributed by atoms with Crippen LogP contribution in [0.15, 0.2) is 0 Å². The van der Waals surface area contributed by atoms with Crippen LogP contribution in [-0.4, -0.2) is 11.6 Å². The number of ketones is 2. The van der Waals surface area contributed by atoms with Gasteiger partial charge in [0, 0.05) is 12.8 Å². The van der Waals surface area contributed by atoms with Crippen LogP contribution in [0.3, 0.4) is 0 Å². The van der Waals surface area contributed by atoms with Crippen molar-refractivity contribution < 1.29 is 9.59 Å². The third kappa shape index (κ3) is 31.6. The highest BCUT2D eigenvalue weighted by molar-refractivity contribution is 5.75. The average molecular weight is 355 g/mol. The van der Waals surface area contributed by atoms with E-state index in [4.69, 9.17) is 0 Å². The van der Waals surface area contributed by atoms with Gasteiger partial charge in [0.1, 0.15) is 11.6 Å². The lowest BCUT2D eigenvalue weighted by molar-refractivity contribution is -0.117. The Morgan fingerprint density at radius 1 is 0.480 bits per heavy atom. The molecule has 2 heteroatoms.